The molecule has 1 amide bonds. The molecule has 0 saturated heterocycles. The van der Waals surface area contributed by atoms with E-state index in [1.807, 2.05) is 13.8 Å². The van der Waals surface area contributed by atoms with E-state index in [4.69, 9.17) is 10.6 Å². The van der Waals surface area contributed by atoms with Crippen molar-refractivity contribution >= 4 is 17.4 Å². The van der Waals surface area contributed by atoms with E-state index in [0.29, 0.717) is 5.56 Å². The average molecular weight is 262 g/mol. The molecule has 1 aromatic rings. The lowest BCUT2D eigenvalue weighted by molar-refractivity contribution is -0.117. The summed E-state index contributed by atoms with van der Waals surface area (Å²) in [7, 11) is 0. The molecule has 0 aromatic heterocycles. The Kier molecular flexibility index (Phi) is 4.94. The van der Waals surface area contributed by atoms with E-state index in [9.17, 15) is 9.59 Å². The minimum absolute atomic E-state index is 0.0582. The fourth-order valence-electron chi connectivity index (χ4n) is 1.53. The molecule has 0 aliphatic carbocycles. The van der Waals surface area contributed by atoms with Gasteiger partial charge >= 0.3 is 0 Å². The quantitative estimate of drug-likeness (QED) is 0.431. The Bertz CT molecular complexity index is 492. The first-order valence-corrected chi connectivity index (χ1v) is 6.06. The molecule has 0 spiro atoms. The third-order valence-electron chi connectivity index (χ3n) is 3.20. The van der Waals surface area contributed by atoms with E-state index in [1.54, 1.807) is 6.92 Å². The molecule has 0 aliphatic rings. The van der Waals surface area contributed by atoms with Crippen LogP contribution >= 0.6 is 0 Å². The lowest BCUT2D eigenvalue weighted by atomic mass is 9.89. The van der Waals surface area contributed by atoms with Crippen LogP contribution in [0.2, 0.25) is 0 Å². The maximum absolute atomic E-state index is 12.0. The van der Waals surface area contributed by atoms with Crippen LogP contribution in [0.15, 0.2) is 24.3 Å². The summed E-state index contributed by atoms with van der Waals surface area (Å²) in [5.74, 6) is -0.880. The van der Waals surface area contributed by atoms with Crippen LogP contribution in [0.1, 0.15) is 36.7 Å². The van der Waals surface area contributed by atoms with E-state index in [-0.39, 0.29) is 28.9 Å². The number of benzene rings is 1. The summed E-state index contributed by atoms with van der Waals surface area (Å²) >= 11 is 0. The van der Waals surface area contributed by atoms with Gasteiger partial charge in [0.2, 0.25) is 0 Å². The van der Waals surface area contributed by atoms with Crippen LogP contribution in [0.4, 0.5) is 0 Å². The summed E-state index contributed by atoms with van der Waals surface area (Å²) in [4.78, 5) is 23.2. The maximum atomic E-state index is 12.0. The van der Waals surface area contributed by atoms with Gasteiger partial charge in [-0.05, 0) is 18.1 Å². The van der Waals surface area contributed by atoms with Gasteiger partial charge in [0.25, 0.3) is 5.91 Å². The van der Waals surface area contributed by atoms with Crippen LogP contribution < -0.4 is 5.48 Å². The first kappa shape index (κ1) is 15.0. The van der Waals surface area contributed by atoms with Crippen molar-refractivity contribution in [2.45, 2.75) is 20.8 Å². The molecule has 0 aliphatic heterocycles. The average Bonchev–Trinajstić information content (AvgIpc) is 2.44. The lowest BCUT2D eigenvalue weighted by Crippen LogP contribution is -2.25. The fraction of sp³-hybridized carbons (Fsp3) is 0.357. The third kappa shape index (κ3) is 3.48. The molecule has 1 rings (SSSR count). The highest BCUT2D eigenvalue weighted by molar-refractivity contribution is 6.45. The standard InChI is InChI=1S/C14H18N2O3/c1-8(2)9(3)13(17)12(15)10-4-6-11(7-5-10)14(18)16-19/h4-9,15,19H,1-3H3,(H,16,18)/t9-/m1/s1. The number of hydrogen-bond donors (Lipinski definition) is 3. The Hall–Kier alpha value is -2.01. The van der Waals surface area contributed by atoms with Crippen LogP contribution in [-0.4, -0.2) is 22.6 Å². The normalized spacial score (nSPS) is 12.1. The van der Waals surface area contributed by atoms with Crippen molar-refractivity contribution in [3.8, 4) is 0 Å². The number of amides is 1. The molecule has 102 valence electrons. The molecule has 5 heteroatoms. The highest BCUT2D eigenvalue weighted by Gasteiger charge is 2.22. The second-order valence-corrected chi connectivity index (χ2v) is 4.79. The molecule has 1 aromatic carbocycles. The first-order chi connectivity index (χ1) is 8.88. The zero-order chi connectivity index (χ0) is 14.6. The molecule has 1 atom stereocenters. The summed E-state index contributed by atoms with van der Waals surface area (Å²) < 4.78 is 0. The second kappa shape index (κ2) is 6.24. The van der Waals surface area contributed by atoms with Gasteiger partial charge in [-0.1, -0.05) is 32.9 Å². The zero-order valence-electron chi connectivity index (χ0n) is 11.2. The summed E-state index contributed by atoms with van der Waals surface area (Å²) in [6.07, 6.45) is 0. The second-order valence-electron chi connectivity index (χ2n) is 4.79. The Morgan fingerprint density at radius 3 is 2.00 bits per heavy atom. The van der Waals surface area contributed by atoms with Crippen LogP contribution in [0.3, 0.4) is 0 Å². The summed E-state index contributed by atoms with van der Waals surface area (Å²) in [5.41, 5.74) is 2.20. The Balaban J connectivity index is 2.90. The van der Waals surface area contributed by atoms with Crippen molar-refractivity contribution in [2.75, 3.05) is 0 Å². The van der Waals surface area contributed by atoms with Gasteiger partial charge in [-0.3, -0.25) is 20.2 Å². The lowest BCUT2D eigenvalue weighted by Gasteiger charge is -2.14. The van der Waals surface area contributed by atoms with Crippen molar-refractivity contribution < 1.29 is 14.8 Å². The predicted octanol–water partition coefficient (Wildman–Crippen LogP) is 2.03. The summed E-state index contributed by atoms with van der Waals surface area (Å²) in [6, 6.07) is 5.97. The molecule has 0 heterocycles. The van der Waals surface area contributed by atoms with Crippen molar-refractivity contribution in [1.29, 1.82) is 5.41 Å². The molecular weight excluding hydrogens is 244 g/mol. The molecular formula is C14H18N2O3. The Morgan fingerprint density at radius 1 is 1.11 bits per heavy atom. The molecule has 0 fully saturated rings. The van der Waals surface area contributed by atoms with E-state index < -0.39 is 5.91 Å². The topological polar surface area (TPSA) is 90.2 Å². The number of carbonyl (C=O) groups excluding carboxylic acids is 2. The molecule has 0 bridgehead atoms. The van der Waals surface area contributed by atoms with Crippen LogP contribution in [0.5, 0.6) is 0 Å². The smallest absolute Gasteiger partial charge is 0.274 e. The Morgan fingerprint density at radius 2 is 1.58 bits per heavy atom. The van der Waals surface area contributed by atoms with Crippen LogP contribution in [0.25, 0.3) is 0 Å². The number of nitrogens with one attached hydrogen (secondary N) is 2. The fourth-order valence-corrected chi connectivity index (χ4v) is 1.53. The van der Waals surface area contributed by atoms with E-state index >= 15 is 0 Å². The van der Waals surface area contributed by atoms with Gasteiger partial charge < -0.3 is 0 Å². The minimum Gasteiger partial charge on any atom is -0.297 e. The van der Waals surface area contributed by atoms with Gasteiger partial charge in [-0.2, -0.15) is 0 Å². The van der Waals surface area contributed by atoms with Gasteiger partial charge in [0.1, 0.15) is 5.71 Å². The molecule has 5 nitrogen and oxygen atoms in total. The number of carbonyl (C=O) groups is 2. The van der Waals surface area contributed by atoms with Crippen LogP contribution in [0, 0.1) is 17.2 Å². The van der Waals surface area contributed by atoms with E-state index in [1.165, 1.54) is 29.7 Å². The first-order valence-electron chi connectivity index (χ1n) is 6.06. The van der Waals surface area contributed by atoms with E-state index in [2.05, 4.69) is 0 Å². The molecule has 0 unspecified atom stereocenters. The number of hydrogen-bond acceptors (Lipinski definition) is 4. The predicted molar refractivity (Wildman–Crippen MR) is 71.5 cm³/mol. The minimum atomic E-state index is -0.625. The molecule has 19 heavy (non-hydrogen) atoms. The van der Waals surface area contributed by atoms with Gasteiger partial charge in [0.05, 0.1) is 0 Å². The van der Waals surface area contributed by atoms with E-state index in [0.717, 1.165) is 0 Å². The van der Waals surface area contributed by atoms with Crippen molar-refractivity contribution in [3.63, 3.8) is 0 Å². The highest BCUT2D eigenvalue weighted by atomic mass is 16.5. The SMILES string of the molecule is CC(C)[C@@H](C)C(=O)C(=N)c1ccc(C(=O)NO)cc1. The molecule has 3 N–H and O–H groups in total. The summed E-state index contributed by atoms with van der Waals surface area (Å²) in [5, 5.41) is 16.4. The van der Waals surface area contributed by atoms with Crippen molar-refractivity contribution in [2.24, 2.45) is 11.8 Å². The molecule has 0 saturated carbocycles. The van der Waals surface area contributed by atoms with Gasteiger partial charge in [-0.25, -0.2) is 5.48 Å². The van der Waals surface area contributed by atoms with Gasteiger partial charge in [0, 0.05) is 17.0 Å². The zero-order valence-corrected chi connectivity index (χ0v) is 11.2. The number of rotatable bonds is 5. The highest BCUT2D eigenvalue weighted by Crippen LogP contribution is 2.14. The maximum Gasteiger partial charge on any atom is 0.274 e. The summed E-state index contributed by atoms with van der Waals surface area (Å²) in [6.45, 7) is 5.67. The Labute approximate surface area is 112 Å². The number of hydroxylamine groups is 1. The van der Waals surface area contributed by atoms with Gasteiger partial charge in [0.15, 0.2) is 5.78 Å². The monoisotopic (exact) mass is 262 g/mol. The molecule has 0 radical (unpaired) electrons. The third-order valence-corrected chi connectivity index (χ3v) is 3.20. The van der Waals surface area contributed by atoms with Crippen molar-refractivity contribution in [3.05, 3.63) is 35.4 Å². The van der Waals surface area contributed by atoms with Gasteiger partial charge in [-0.15, -0.1) is 0 Å². The number of Topliss-reactive ketones (excluding diaryl/α,β-unsaturated/α-hetero) is 1. The van der Waals surface area contributed by atoms with Crippen LogP contribution in [-0.2, 0) is 4.79 Å². The number of ketones is 1. The van der Waals surface area contributed by atoms with Crippen molar-refractivity contribution in [1.82, 2.24) is 5.48 Å². The largest absolute Gasteiger partial charge is 0.297 e.